The van der Waals surface area contributed by atoms with Crippen LogP contribution in [0.3, 0.4) is 0 Å². The largest absolute Gasteiger partial charge is 0.488 e. The molecular formula is C17H21FN2O. The molecule has 0 spiro atoms. The molecule has 0 radical (unpaired) electrons. The molecule has 1 aliphatic rings. The van der Waals surface area contributed by atoms with Crippen molar-refractivity contribution in [1.29, 1.82) is 0 Å². The minimum absolute atomic E-state index is 0.294. The number of halogens is 1. The van der Waals surface area contributed by atoms with Gasteiger partial charge in [-0.3, -0.25) is 0 Å². The molecule has 1 aliphatic carbocycles. The molecule has 0 aromatic carbocycles. The highest BCUT2D eigenvalue weighted by molar-refractivity contribution is 5.43. The molecule has 0 amide bonds. The Morgan fingerprint density at radius 2 is 2.19 bits per heavy atom. The number of aromatic nitrogens is 2. The molecule has 0 atom stereocenters. The molecule has 4 heteroatoms. The number of imidazole rings is 1. The van der Waals surface area contributed by atoms with Gasteiger partial charge >= 0.3 is 0 Å². The van der Waals surface area contributed by atoms with Crippen molar-refractivity contribution < 1.29 is 9.13 Å². The molecule has 0 bridgehead atoms. The lowest BCUT2D eigenvalue weighted by molar-refractivity contribution is 0.344. The van der Waals surface area contributed by atoms with Crippen LogP contribution >= 0.6 is 0 Å². The molecule has 21 heavy (non-hydrogen) atoms. The maximum Gasteiger partial charge on any atom is 0.137 e. The van der Waals surface area contributed by atoms with Gasteiger partial charge in [-0.05, 0) is 37.0 Å². The summed E-state index contributed by atoms with van der Waals surface area (Å²) in [6.07, 6.45) is 10.4. The Labute approximate surface area is 124 Å². The normalized spacial score (nSPS) is 16.8. The van der Waals surface area contributed by atoms with Gasteiger partial charge in [-0.2, -0.15) is 0 Å². The zero-order chi connectivity index (χ0) is 14.7. The van der Waals surface area contributed by atoms with E-state index < -0.39 is 0 Å². The van der Waals surface area contributed by atoms with Gasteiger partial charge in [-0.1, -0.05) is 19.8 Å². The van der Waals surface area contributed by atoms with Crippen molar-refractivity contribution in [2.75, 3.05) is 6.61 Å². The topological polar surface area (TPSA) is 26.5 Å². The number of fused-ring (bicyclic) bond motifs is 1. The highest BCUT2D eigenvalue weighted by Gasteiger charge is 2.19. The van der Waals surface area contributed by atoms with Gasteiger partial charge in [0.05, 0.1) is 18.2 Å². The van der Waals surface area contributed by atoms with E-state index in [0.717, 1.165) is 11.4 Å². The number of hydrogen-bond donors (Lipinski definition) is 0. The van der Waals surface area contributed by atoms with Crippen LogP contribution in [0.15, 0.2) is 36.4 Å². The molecule has 2 aromatic heterocycles. The molecule has 0 unspecified atom stereocenters. The fourth-order valence-electron chi connectivity index (χ4n) is 2.88. The maximum absolute atomic E-state index is 12.5. The van der Waals surface area contributed by atoms with Crippen LogP contribution in [0.5, 0.6) is 5.75 Å². The Balaban J connectivity index is 1.76. The third-order valence-electron chi connectivity index (χ3n) is 4.25. The van der Waals surface area contributed by atoms with Crippen molar-refractivity contribution in [1.82, 2.24) is 9.38 Å². The van der Waals surface area contributed by atoms with E-state index in [1.165, 1.54) is 31.4 Å². The van der Waals surface area contributed by atoms with Gasteiger partial charge in [-0.25, -0.2) is 9.37 Å². The van der Waals surface area contributed by atoms with Crippen molar-refractivity contribution in [3.63, 3.8) is 0 Å². The summed E-state index contributed by atoms with van der Waals surface area (Å²) in [5.74, 6) is 1.35. The first-order valence-electron chi connectivity index (χ1n) is 7.69. The average Bonchev–Trinajstić information content (AvgIpc) is 3.16. The van der Waals surface area contributed by atoms with Crippen LogP contribution in [0.25, 0.3) is 5.65 Å². The molecule has 0 saturated heterocycles. The van der Waals surface area contributed by atoms with Crippen LogP contribution in [0.1, 0.15) is 50.6 Å². The minimum Gasteiger partial charge on any atom is -0.488 e. The predicted octanol–water partition coefficient (Wildman–Crippen LogP) is 4.63. The first-order valence-corrected chi connectivity index (χ1v) is 7.69. The number of ether oxygens (including phenoxy) is 1. The second kappa shape index (κ2) is 6.29. The summed E-state index contributed by atoms with van der Waals surface area (Å²) in [5, 5.41) is 0. The average molecular weight is 288 g/mol. The van der Waals surface area contributed by atoms with E-state index in [-0.39, 0.29) is 0 Å². The highest BCUT2D eigenvalue weighted by Crippen LogP contribution is 2.33. The van der Waals surface area contributed by atoms with Gasteiger partial charge in [0.2, 0.25) is 0 Å². The molecule has 3 nitrogen and oxygen atoms in total. The third kappa shape index (κ3) is 3.09. The molecule has 1 fully saturated rings. The number of pyridine rings is 1. The monoisotopic (exact) mass is 288 g/mol. The summed E-state index contributed by atoms with van der Waals surface area (Å²) in [6.45, 7) is 2.21. The van der Waals surface area contributed by atoms with Crippen LogP contribution in [-0.4, -0.2) is 16.0 Å². The summed E-state index contributed by atoms with van der Waals surface area (Å²) in [6, 6.07) is 3.85. The van der Waals surface area contributed by atoms with Gasteiger partial charge in [-0.15, -0.1) is 0 Å². The Bertz CT molecular complexity index is 641. The molecule has 0 N–H and O–H groups in total. The quantitative estimate of drug-likeness (QED) is 0.801. The highest BCUT2D eigenvalue weighted by atomic mass is 19.1. The molecular weight excluding hydrogens is 267 g/mol. The van der Waals surface area contributed by atoms with Gasteiger partial charge in [0.15, 0.2) is 0 Å². The van der Waals surface area contributed by atoms with Crippen molar-refractivity contribution in [3.05, 3.63) is 42.1 Å². The predicted molar refractivity (Wildman–Crippen MR) is 81.4 cm³/mol. The van der Waals surface area contributed by atoms with Gasteiger partial charge < -0.3 is 9.14 Å². The molecule has 0 aliphatic heterocycles. The van der Waals surface area contributed by atoms with Crippen molar-refractivity contribution in [2.24, 2.45) is 0 Å². The lowest BCUT2D eigenvalue weighted by Gasteiger charge is -2.07. The summed E-state index contributed by atoms with van der Waals surface area (Å²) in [7, 11) is 0. The van der Waals surface area contributed by atoms with Crippen molar-refractivity contribution >= 4 is 5.65 Å². The summed E-state index contributed by atoms with van der Waals surface area (Å²) in [4.78, 5) is 4.70. The second-order valence-corrected chi connectivity index (χ2v) is 5.69. The summed E-state index contributed by atoms with van der Waals surface area (Å²) in [5.41, 5.74) is 2.79. The summed E-state index contributed by atoms with van der Waals surface area (Å²) < 4.78 is 20.2. The first-order chi connectivity index (χ1) is 10.3. The van der Waals surface area contributed by atoms with E-state index in [0.29, 0.717) is 30.8 Å². The van der Waals surface area contributed by atoms with Crippen LogP contribution in [0.2, 0.25) is 0 Å². The van der Waals surface area contributed by atoms with Crippen LogP contribution < -0.4 is 4.74 Å². The fourth-order valence-corrected chi connectivity index (χ4v) is 2.88. The molecule has 2 aromatic rings. The third-order valence-corrected chi connectivity index (χ3v) is 4.25. The van der Waals surface area contributed by atoms with Gasteiger partial charge in [0.1, 0.15) is 18.0 Å². The molecule has 112 valence electrons. The van der Waals surface area contributed by atoms with E-state index in [1.54, 1.807) is 0 Å². The van der Waals surface area contributed by atoms with E-state index in [9.17, 15) is 4.39 Å². The Morgan fingerprint density at radius 1 is 1.38 bits per heavy atom. The lowest BCUT2D eigenvalue weighted by atomic mass is 10.1. The maximum atomic E-state index is 12.5. The summed E-state index contributed by atoms with van der Waals surface area (Å²) >= 11 is 0. The second-order valence-electron chi connectivity index (χ2n) is 5.69. The van der Waals surface area contributed by atoms with Crippen LogP contribution in [-0.2, 0) is 0 Å². The van der Waals surface area contributed by atoms with Crippen molar-refractivity contribution in [3.8, 4) is 5.75 Å². The minimum atomic E-state index is 0.294. The SMILES string of the molecule is CC/C(=C/F)COc1ccc2nc(C3CCCC3)cn2c1. The Hall–Kier alpha value is -1.84. The zero-order valence-corrected chi connectivity index (χ0v) is 12.4. The number of nitrogens with zero attached hydrogens (tertiary/aromatic N) is 2. The van der Waals surface area contributed by atoms with Crippen molar-refractivity contribution in [2.45, 2.75) is 44.9 Å². The van der Waals surface area contributed by atoms with E-state index in [1.807, 2.05) is 29.7 Å². The fraction of sp³-hybridized carbons (Fsp3) is 0.471. The van der Waals surface area contributed by atoms with E-state index in [4.69, 9.17) is 9.72 Å². The van der Waals surface area contributed by atoms with Crippen LogP contribution in [0, 0.1) is 0 Å². The number of rotatable bonds is 5. The van der Waals surface area contributed by atoms with Gasteiger partial charge in [0.25, 0.3) is 0 Å². The van der Waals surface area contributed by atoms with Gasteiger partial charge in [0, 0.05) is 12.1 Å². The Kier molecular flexibility index (Phi) is 4.23. The van der Waals surface area contributed by atoms with E-state index >= 15 is 0 Å². The molecule has 1 saturated carbocycles. The smallest absolute Gasteiger partial charge is 0.137 e. The Morgan fingerprint density at radius 3 is 2.90 bits per heavy atom. The molecule has 2 heterocycles. The first kappa shape index (κ1) is 14.1. The van der Waals surface area contributed by atoms with Crippen LogP contribution in [0.4, 0.5) is 4.39 Å². The number of hydrogen-bond acceptors (Lipinski definition) is 2. The standard InChI is InChI=1S/C17H21FN2O/c1-2-13(9-18)12-21-15-7-8-17-19-16(11-20(17)10-15)14-5-3-4-6-14/h7-11,14H,2-6,12H2,1H3/b13-9-. The molecule has 3 rings (SSSR count). The lowest BCUT2D eigenvalue weighted by Crippen LogP contribution is -2.01. The van der Waals surface area contributed by atoms with E-state index in [2.05, 4.69) is 6.20 Å². The zero-order valence-electron chi connectivity index (χ0n) is 12.4.